The minimum Gasteiger partial charge on any atom is -0.184 e. The van der Waals surface area contributed by atoms with Crippen LogP contribution < -0.4 is 0 Å². The summed E-state index contributed by atoms with van der Waals surface area (Å²) in [7, 11) is 0. The molecule has 0 saturated carbocycles. The molecule has 0 aromatic carbocycles. The number of hydrogen-bond acceptors (Lipinski definition) is 2. The van der Waals surface area contributed by atoms with Gasteiger partial charge in [0.2, 0.25) is 5.95 Å². The first-order valence-corrected chi connectivity index (χ1v) is 7.71. The Hall–Kier alpha value is 0.290. The van der Waals surface area contributed by atoms with E-state index in [1.807, 2.05) is 0 Å². The summed E-state index contributed by atoms with van der Waals surface area (Å²) in [5, 5.41) is 0. The predicted octanol–water partition coefficient (Wildman–Crippen LogP) is 5.13. The van der Waals surface area contributed by atoms with Crippen LogP contribution in [0.1, 0.15) is 58.4 Å². The Labute approximate surface area is 115 Å². The summed E-state index contributed by atoms with van der Waals surface area (Å²) in [5.41, 5.74) is 0.826. The molecule has 0 amide bonds. The predicted molar refractivity (Wildman–Crippen MR) is 76.6 cm³/mol. The maximum atomic E-state index is 13.8. The summed E-state index contributed by atoms with van der Waals surface area (Å²) in [5.74, 6) is -0.249. The van der Waals surface area contributed by atoms with Gasteiger partial charge in [-0.25, -0.2) is 0 Å². The van der Waals surface area contributed by atoms with Gasteiger partial charge in [-0.1, -0.05) is 40.0 Å². The van der Waals surface area contributed by atoms with E-state index in [9.17, 15) is 4.39 Å². The van der Waals surface area contributed by atoms with Gasteiger partial charge in [0.05, 0.1) is 2.88 Å². The molecule has 1 nitrogen and oxygen atoms in total. The molecule has 1 unspecified atom stereocenters. The molecule has 0 radical (unpaired) electrons. The Balaban J connectivity index is 3.00. The monoisotopic (exact) mass is 355 g/mol. The summed E-state index contributed by atoms with van der Waals surface area (Å²) < 4.78 is 18.6. The largest absolute Gasteiger partial charge is 0.229 e. The molecule has 1 aromatic heterocycles. The molecule has 1 heterocycles. The van der Waals surface area contributed by atoms with Crippen molar-refractivity contribution in [3.8, 4) is 0 Å². The molecular weight excluding hydrogens is 336 g/mol. The number of unbranched alkanes of at least 4 members (excludes halogenated alkanes) is 1. The van der Waals surface area contributed by atoms with Crippen LogP contribution >= 0.6 is 34.1 Å². The fourth-order valence-corrected chi connectivity index (χ4v) is 4.08. The molecule has 16 heavy (non-hydrogen) atoms. The van der Waals surface area contributed by atoms with Crippen molar-refractivity contribution in [2.75, 3.05) is 0 Å². The highest BCUT2D eigenvalue weighted by molar-refractivity contribution is 14.1. The molecule has 0 N–H and O–H groups in total. The molecule has 1 atom stereocenters. The molecule has 0 spiro atoms. The van der Waals surface area contributed by atoms with Crippen molar-refractivity contribution >= 4 is 34.1 Å². The Bertz CT molecular complexity index is 320. The first-order chi connectivity index (χ1) is 7.55. The molecular formula is C12H19FINS. The lowest BCUT2D eigenvalue weighted by Crippen LogP contribution is -2.23. The number of rotatable bonds is 6. The first-order valence-electron chi connectivity index (χ1n) is 5.86. The molecule has 0 aliphatic rings. The van der Waals surface area contributed by atoms with Crippen molar-refractivity contribution in [1.82, 2.24) is 4.37 Å². The van der Waals surface area contributed by atoms with E-state index in [2.05, 4.69) is 47.7 Å². The third-order valence-corrected chi connectivity index (χ3v) is 4.84. The van der Waals surface area contributed by atoms with E-state index in [-0.39, 0.29) is 11.4 Å². The zero-order chi connectivity index (χ0) is 12.2. The summed E-state index contributed by atoms with van der Waals surface area (Å²) in [6, 6.07) is 0. The third kappa shape index (κ3) is 3.15. The van der Waals surface area contributed by atoms with Crippen LogP contribution in [0.3, 0.4) is 0 Å². The highest BCUT2D eigenvalue weighted by Crippen LogP contribution is 2.39. The van der Waals surface area contributed by atoms with Gasteiger partial charge in [-0.3, -0.25) is 0 Å². The normalized spacial score (nSPS) is 15.1. The van der Waals surface area contributed by atoms with E-state index in [4.69, 9.17) is 0 Å². The zero-order valence-corrected chi connectivity index (χ0v) is 13.1. The van der Waals surface area contributed by atoms with Crippen LogP contribution in [-0.4, -0.2) is 4.37 Å². The second-order valence-electron chi connectivity index (χ2n) is 4.54. The number of nitrogens with zero attached hydrogens (tertiary/aromatic N) is 1. The molecule has 0 aliphatic carbocycles. The van der Waals surface area contributed by atoms with Crippen LogP contribution in [0.5, 0.6) is 0 Å². The molecule has 0 aliphatic heterocycles. The van der Waals surface area contributed by atoms with Crippen molar-refractivity contribution in [3.05, 3.63) is 14.4 Å². The van der Waals surface area contributed by atoms with Gasteiger partial charge in [-0.05, 0) is 52.4 Å². The topological polar surface area (TPSA) is 12.9 Å². The second-order valence-corrected chi connectivity index (χ2v) is 7.12. The average Bonchev–Trinajstić information content (AvgIpc) is 2.56. The molecule has 92 valence electrons. The number of hydrogen-bond donors (Lipinski definition) is 0. The lowest BCUT2D eigenvalue weighted by Gasteiger charge is -2.29. The summed E-state index contributed by atoms with van der Waals surface area (Å²) in [4.78, 5) is 0. The first kappa shape index (κ1) is 14.4. The van der Waals surface area contributed by atoms with E-state index in [1.54, 1.807) is 0 Å². The Kier molecular flexibility index (Phi) is 5.64. The SMILES string of the molecule is CCCCC(C)(CCC)c1c(F)nsc1I. The smallest absolute Gasteiger partial charge is 0.184 e. The van der Waals surface area contributed by atoms with Crippen LogP contribution in [0.4, 0.5) is 4.39 Å². The minimum absolute atomic E-state index is 0.0294. The van der Waals surface area contributed by atoms with Gasteiger partial charge in [0.25, 0.3) is 0 Å². The average molecular weight is 355 g/mol. The van der Waals surface area contributed by atoms with Crippen molar-refractivity contribution in [3.63, 3.8) is 0 Å². The van der Waals surface area contributed by atoms with Crippen molar-refractivity contribution in [1.29, 1.82) is 0 Å². The van der Waals surface area contributed by atoms with Gasteiger partial charge < -0.3 is 0 Å². The lowest BCUT2D eigenvalue weighted by atomic mass is 9.76. The van der Waals surface area contributed by atoms with Crippen LogP contribution in [0.15, 0.2) is 0 Å². The fraction of sp³-hybridized carbons (Fsp3) is 0.750. The third-order valence-electron chi connectivity index (χ3n) is 3.10. The molecule has 0 saturated heterocycles. The highest BCUT2D eigenvalue weighted by atomic mass is 127. The van der Waals surface area contributed by atoms with Crippen molar-refractivity contribution < 1.29 is 4.39 Å². The van der Waals surface area contributed by atoms with E-state index >= 15 is 0 Å². The molecule has 4 heteroatoms. The summed E-state index contributed by atoms with van der Waals surface area (Å²) >= 11 is 3.49. The number of halogens is 2. The molecule has 1 aromatic rings. The van der Waals surface area contributed by atoms with Gasteiger partial charge in [-0.2, -0.15) is 8.76 Å². The Morgan fingerprint density at radius 2 is 2.00 bits per heavy atom. The lowest BCUT2D eigenvalue weighted by molar-refractivity contribution is 0.364. The van der Waals surface area contributed by atoms with E-state index in [0.717, 1.165) is 40.6 Å². The van der Waals surface area contributed by atoms with E-state index < -0.39 is 0 Å². The Morgan fingerprint density at radius 3 is 2.44 bits per heavy atom. The van der Waals surface area contributed by atoms with Crippen molar-refractivity contribution in [2.24, 2.45) is 0 Å². The van der Waals surface area contributed by atoms with Crippen LogP contribution in [0.2, 0.25) is 0 Å². The maximum absolute atomic E-state index is 13.8. The van der Waals surface area contributed by atoms with Gasteiger partial charge in [0.1, 0.15) is 0 Å². The standard InChI is InChI=1S/C12H19FINS/c1-4-6-8-12(3,7-5-2)9-10(13)15-16-11(9)14/h4-8H2,1-3H3. The van der Waals surface area contributed by atoms with Crippen LogP contribution in [0.25, 0.3) is 0 Å². The minimum atomic E-state index is -0.249. The van der Waals surface area contributed by atoms with Crippen molar-refractivity contribution in [2.45, 2.75) is 58.3 Å². The summed E-state index contributed by atoms with van der Waals surface area (Å²) in [6.45, 7) is 6.52. The van der Waals surface area contributed by atoms with E-state index in [0.29, 0.717) is 0 Å². The Morgan fingerprint density at radius 1 is 1.31 bits per heavy atom. The molecule has 0 bridgehead atoms. The molecule has 1 rings (SSSR count). The zero-order valence-electron chi connectivity index (χ0n) is 10.1. The number of aromatic nitrogens is 1. The quantitative estimate of drug-likeness (QED) is 0.645. The van der Waals surface area contributed by atoms with Gasteiger partial charge >= 0.3 is 0 Å². The summed E-state index contributed by atoms with van der Waals surface area (Å²) in [6.07, 6.45) is 5.50. The van der Waals surface area contributed by atoms with E-state index in [1.165, 1.54) is 11.5 Å². The van der Waals surface area contributed by atoms with Gasteiger partial charge in [0.15, 0.2) is 0 Å². The van der Waals surface area contributed by atoms with Crippen LogP contribution in [0, 0.1) is 8.83 Å². The van der Waals surface area contributed by atoms with Crippen LogP contribution in [-0.2, 0) is 5.41 Å². The van der Waals surface area contributed by atoms with Gasteiger partial charge in [-0.15, -0.1) is 0 Å². The fourth-order valence-electron chi connectivity index (χ4n) is 2.23. The van der Waals surface area contributed by atoms with Gasteiger partial charge in [0, 0.05) is 5.56 Å². The maximum Gasteiger partial charge on any atom is 0.229 e. The second kappa shape index (κ2) is 6.28. The highest BCUT2D eigenvalue weighted by Gasteiger charge is 2.32. The molecule has 0 fully saturated rings.